The SMILES string of the molecule is COc1cc(NC(=O)N2CCC3(CC2)SCCN3C(=O)c2ccc(Cl)cc2)cc(OC)c1. The molecule has 2 aliphatic heterocycles. The Balaban J connectivity index is 1.41. The quantitative estimate of drug-likeness (QED) is 0.701. The smallest absolute Gasteiger partial charge is 0.321 e. The van der Waals surface area contributed by atoms with Crippen LogP contribution in [0, 0.1) is 0 Å². The zero-order valence-electron chi connectivity index (χ0n) is 18.1. The zero-order valence-corrected chi connectivity index (χ0v) is 19.7. The van der Waals surface area contributed by atoms with Gasteiger partial charge in [-0.2, -0.15) is 0 Å². The van der Waals surface area contributed by atoms with E-state index in [9.17, 15) is 9.59 Å². The first-order valence-corrected chi connectivity index (χ1v) is 11.8. The van der Waals surface area contributed by atoms with E-state index in [4.69, 9.17) is 21.1 Å². The molecule has 0 aliphatic carbocycles. The van der Waals surface area contributed by atoms with E-state index in [0.717, 1.165) is 18.6 Å². The van der Waals surface area contributed by atoms with Gasteiger partial charge in [-0.1, -0.05) is 11.6 Å². The summed E-state index contributed by atoms with van der Waals surface area (Å²) >= 11 is 7.78. The molecule has 1 spiro atoms. The number of rotatable bonds is 4. The molecule has 2 aromatic rings. The van der Waals surface area contributed by atoms with Crippen LogP contribution >= 0.6 is 23.4 Å². The number of nitrogens with zero attached hydrogens (tertiary/aromatic N) is 2. The summed E-state index contributed by atoms with van der Waals surface area (Å²) < 4.78 is 10.5. The number of hydrogen-bond acceptors (Lipinski definition) is 5. The fourth-order valence-corrected chi connectivity index (χ4v) is 5.78. The van der Waals surface area contributed by atoms with Gasteiger partial charge in [0.25, 0.3) is 5.91 Å². The number of thioether (sulfide) groups is 1. The largest absolute Gasteiger partial charge is 0.497 e. The van der Waals surface area contributed by atoms with E-state index >= 15 is 0 Å². The Kier molecular flexibility index (Phi) is 6.71. The van der Waals surface area contributed by atoms with Crippen LogP contribution in [0.3, 0.4) is 0 Å². The van der Waals surface area contributed by atoms with Crippen LogP contribution < -0.4 is 14.8 Å². The molecule has 0 saturated carbocycles. The van der Waals surface area contributed by atoms with Crippen LogP contribution in [0.1, 0.15) is 23.2 Å². The predicted molar refractivity (Wildman–Crippen MR) is 127 cm³/mol. The molecule has 170 valence electrons. The Hall–Kier alpha value is -2.58. The highest BCUT2D eigenvalue weighted by Gasteiger charge is 2.47. The molecule has 0 aromatic heterocycles. The van der Waals surface area contributed by atoms with E-state index < -0.39 is 0 Å². The fraction of sp³-hybridized carbons (Fsp3) is 0.391. The van der Waals surface area contributed by atoms with E-state index in [0.29, 0.717) is 47.4 Å². The van der Waals surface area contributed by atoms with E-state index in [2.05, 4.69) is 5.32 Å². The first-order valence-electron chi connectivity index (χ1n) is 10.4. The molecule has 9 heteroatoms. The summed E-state index contributed by atoms with van der Waals surface area (Å²) in [6.45, 7) is 1.86. The number of benzene rings is 2. The maximum atomic E-state index is 13.2. The number of methoxy groups -OCH3 is 2. The molecule has 0 radical (unpaired) electrons. The number of urea groups is 1. The average Bonchev–Trinajstić information content (AvgIpc) is 3.21. The van der Waals surface area contributed by atoms with Gasteiger partial charge in [0.1, 0.15) is 11.5 Å². The molecule has 0 atom stereocenters. The molecule has 4 rings (SSSR count). The van der Waals surface area contributed by atoms with Crippen molar-refractivity contribution >= 4 is 41.0 Å². The second-order valence-corrected chi connectivity index (χ2v) is 9.67. The lowest BCUT2D eigenvalue weighted by Crippen LogP contribution is -2.54. The molecular formula is C23H26ClN3O4S. The van der Waals surface area contributed by atoms with Crippen LogP contribution in [0.4, 0.5) is 10.5 Å². The normalized spacial score (nSPS) is 17.3. The van der Waals surface area contributed by atoms with Crippen LogP contribution in [0.15, 0.2) is 42.5 Å². The number of carbonyl (C=O) groups is 2. The predicted octanol–water partition coefficient (Wildman–Crippen LogP) is 4.57. The van der Waals surface area contributed by atoms with E-state index in [1.54, 1.807) is 61.6 Å². The first-order chi connectivity index (χ1) is 15.4. The number of ether oxygens (including phenoxy) is 2. The second-order valence-electron chi connectivity index (χ2n) is 7.78. The Morgan fingerprint density at radius 1 is 1.00 bits per heavy atom. The maximum Gasteiger partial charge on any atom is 0.321 e. The minimum Gasteiger partial charge on any atom is -0.497 e. The highest BCUT2D eigenvalue weighted by atomic mass is 35.5. The van der Waals surface area contributed by atoms with Crippen LogP contribution in [0.25, 0.3) is 0 Å². The number of hydrogen-bond donors (Lipinski definition) is 1. The van der Waals surface area contributed by atoms with Gasteiger partial charge in [-0.3, -0.25) is 4.79 Å². The Bertz CT molecular complexity index is 971. The zero-order chi connectivity index (χ0) is 22.7. The number of amides is 3. The lowest BCUT2D eigenvalue weighted by atomic mass is 10.0. The van der Waals surface area contributed by atoms with Crippen molar-refractivity contribution < 1.29 is 19.1 Å². The molecule has 2 fully saturated rings. The van der Waals surface area contributed by atoms with Crippen LogP contribution in [0.2, 0.25) is 5.02 Å². The van der Waals surface area contributed by atoms with Crippen molar-refractivity contribution in [1.82, 2.24) is 9.80 Å². The maximum absolute atomic E-state index is 13.2. The summed E-state index contributed by atoms with van der Waals surface area (Å²) in [7, 11) is 3.14. The highest BCUT2D eigenvalue weighted by molar-refractivity contribution is 8.00. The van der Waals surface area contributed by atoms with Gasteiger partial charge >= 0.3 is 6.03 Å². The molecule has 1 N–H and O–H groups in total. The molecule has 7 nitrogen and oxygen atoms in total. The Morgan fingerprint density at radius 2 is 1.62 bits per heavy atom. The van der Waals surface area contributed by atoms with Gasteiger partial charge in [0.15, 0.2) is 0 Å². The van der Waals surface area contributed by atoms with E-state index in [1.807, 2.05) is 16.7 Å². The van der Waals surface area contributed by atoms with Gasteiger partial charge in [0.05, 0.1) is 19.1 Å². The van der Waals surface area contributed by atoms with Crippen molar-refractivity contribution in [2.75, 3.05) is 44.9 Å². The van der Waals surface area contributed by atoms with Gasteiger partial charge in [-0.05, 0) is 37.1 Å². The molecule has 2 heterocycles. The molecule has 32 heavy (non-hydrogen) atoms. The van der Waals surface area contributed by atoms with E-state index in [1.165, 1.54) is 0 Å². The minimum atomic E-state index is -0.271. The van der Waals surface area contributed by atoms with Crippen LogP contribution in [-0.2, 0) is 0 Å². The number of anilines is 1. The number of likely N-dealkylation sites (tertiary alicyclic amines) is 1. The number of halogens is 1. The van der Waals surface area contributed by atoms with Crippen molar-refractivity contribution in [1.29, 1.82) is 0 Å². The topological polar surface area (TPSA) is 71.1 Å². The summed E-state index contributed by atoms with van der Waals surface area (Å²) in [5.74, 6) is 2.13. The van der Waals surface area contributed by atoms with Crippen molar-refractivity contribution in [3.05, 3.63) is 53.1 Å². The van der Waals surface area contributed by atoms with Crippen molar-refractivity contribution in [3.8, 4) is 11.5 Å². The Morgan fingerprint density at radius 3 is 2.22 bits per heavy atom. The van der Waals surface area contributed by atoms with Gasteiger partial charge in [-0.25, -0.2) is 4.79 Å². The summed E-state index contributed by atoms with van der Waals surface area (Å²) in [4.78, 5) is 29.5. The van der Waals surface area contributed by atoms with Crippen molar-refractivity contribution in [2.24, 2.45) is 0 Å². The third-order valence-corrected chi connectivity index (χ3v) is 7.75. The third kappa shape index (κ3) is 4.61. The van der Waals surface area contributed by atoms with Gasteiger partial charge in [0.2, 0.25) is 0 Å². The van der Waals surface area contributed by atoms with Crippen molar-refractivity contribution in [2.45, 2.75) is 17.7 Å². The fourth-order valence-electron chi connectivity index (χ4n) is 4.20. The molecule has 2 aliphatic rings. The molecule has 2 aromatic carbocycles. The number of piperidine rings is 1. The number of nitrogens with one attached hydrogen (secondary N) is 1. The monoisotopic (exact) mass is 475 g/mol. The second kappa shape index (κ2) is 9.50. The molecule has 2 saturated heterocycles. The number of carbonyl (C=O) groups excluding carboxylic acids is 2. The van der Waals surface area contributed by atoms with Crippen LogP contribution in [0.5, 0.6) is 11.5 Å². The summed E-state index contributed by atoms with van der Waals surface area (Å²) in [6.07, 6.45) is 1.46. The standard InChI is InChI=1S/C23H26ClN3O4S/c1-30-19-13-18(14-20(15-19)31-2)25-22(29)26-9-7-23(8-10-26)27(11-12-32-23)21(28)16-3-5-17(24)6-4-16/h3-6,13-15H,7-12H2,1-2H3,(H,25,29). The molecule has 3 amide bonds. The minimum absolute atomic E-state index is 0.0213. The highest BCUT2D eigenvalue weighted by Crippen LogP contribution is 2.44. The van der Waals surface area contributed by atoms with E-state index in [-0.39, 0.29) is 16.8 Å². The van der Waals surface area contributed by atoms with Crippen molar-refractivity contribution in [3.63, 3.8) is 0 Å². The van der Waals surface area contributed by atoms with Gasteiger partial charge < -0.3 is 24.6 Å². The van der Waals surface area contributed by atoms with Gasteiger partial charge in [0, 0.05) is 59.9 Å². The van der Waals surface area contributed by atoms with Crippen LogP contribution in [-0.4, -0.2) is 66.2 Å². The molecular weight excluding hydrogens is 450 g/mol. The average molecular weight is 476 g/mol. The summed E-state index contributed by atoms with van der Waals surface area (Å²) in [6, 6.07) is 12.1. The summed E-state index contributed by atoms with van der Waals surface area (Å²) in [5, 5.41) is 3.54. The Labute approximate surface area is 197 Å². The third-order valence-electron chi connectivity index (χ3n) is 5.95. The summed E-state index contributed by atoms with van der Waals surface area (Å²) in [5.41, 5.74) is 1.25. The first kappa shape index (κ1) is 22.6. The molecule has 0 unspecified atom stereocenters. The lowest BCUT2D eigenvalue weighted by Gasteiger charge is -2.44. The molecule has 0 bridgehead atoms. The van der Waals surface area contributed by atoms with Gasteiger partial charge in [-0.15, -0.1) is 11.8 Å². The lowest BCUT2D eigenvalue weighted by molar-refractivity contribution is 0.0585.